The average Bonchev–Trinajstić information content (AvgIpc) is 3.08. The minimum atomic E-state index is -3.02. The van der Waals surface area contributed by atoms with E-state index in [-0.39, 0.29) is 29.6 Å². The van der Waals surface area contributed by atoms with Crippen molar-refractivity contribution < 1.29 is 23.1 Å². The molecule has 1 saturated heterocycles. The normalized spacial score (nSPS) is 16.3. The van der Waals surface area contributed by atoms with Crippen molar-refractivity contribution in [2.75, 3.05) is 26.7 Å². The van der Waals surface area contributed by atoms with Crippen LogP contribution in [-0.2, 0) is 4.79 Å². The molecule has 6 nitrogen and oxygen atoms in total. The fraction of sp³-hybridized carbons (Fsp3) is 0.529. The summed E-state index contributed by atoms with van der Waals surface area (Å²) in [6.45, 7) is -1.30. The first kappa shape index (κ1) is 22.1. The lowest BCUT2D eigenvalue weighted by Crippen LogP contribution is -2.46. The molecular weight excluding hydrogens is 368 g/mol. The fourth-order valence-corrected chi connectivity index (χ4v) is 2.87. The number of hydrogen-bond acceptors (Lipinski definition) is 4. The number of ether oxygens (including phenoxy) is 1. The van der Waals surface area contributed by atoms with Crippen LogP contribution < -0.4 is 15.4 Å². The van der Waals surface area contributed by atoms with E-state index in [1.807, 2.05) is 7.05 Å². The lowest BCUT2D eigenvalue weighted by atomic mass is 10.1. The summed E-state index contributed by atoms with van der Waals surface area (Å²) in [7, 11) is 1.83. The molecule has 1 aromatic carbocycles. The first-order valence-corrected chi connectivity index (χ1v) is 8.31. The number of para-hydroxylation sites is 1. The van der Waals surface area contributed by atoms with Gasteiger partial charge < -0.3 is 20.3 Å². The summed E-state index contributed by atoms with van der Waals surface area (Å²) >= 11 is 0. The number of alkyl halides is 2. The predicted octanol–water partition coefficient (Wildman–Crippen LogP) is 2.04. The Morgan fingerprint density at radius 2 is 2.04 bits per heavy atom. The first-order valence-electron chi connectivity index (χ1n) is 8.31. The van der Waals surface area contributed by atoms with E-state index in [1.54, 1.807) is 6.07 Å². The SMILES string of the molecule is CNCCCNC(=O)C1CCCN1C(=O)c1ccccc1OC(F)F.Cl. The number of nitrogens with zero attached hydrogens (tertiary/aromatic N) is 1. The molecule has 0 saturated carbocycles. The molecule has 1 atom stereocenters. The van der Waals surface area contributed by atoms with Crippen molar-refractivity contribution in [2.45, 2.75) is 31.9 Å². The number of nitrogens with one attached hydrogen (secondary N) is 2. The molecule has 1 heterocycles. The van der Waals surface area contributed by atoms with Crippen molar-refractivity contribution in [2.24, 2.45) is 0 Å². The van der Waals surface area contributed by atoms with Crippen LogP contribution in [0.5, 0.6) is 5.75 Å². The van der Waals surface area contributed by atoms with Crippen molar-refractivity contribution in [1.29, 1.82) is 0 Å². The Balaban J connectivity index is 0.00000338. The second kappa shape index (κ2) is 10.9. The van der Waals surface area contributed by atoms with E-state index in [0.717, 1.165) is 13.0 Å². The van der Waals surface area contributed by atoms with Gasteiger partial charge in [-0.3, -0.25) is 9.59 Å². The summed E-state index contributed by atoms with van der Waals surface area (Å²) in [5.41, 5.74) is 0.0395. The molecule has 0 aliphatic carbocycles. The molecular formula is C17H24ClF2N3O3. The number of likely N-dealkylation sites (tertiary alicyclic amines) is 1. The van der Waals surface area contributed by atoms with Crippen LogP contribution in [-0.4, -0.2) is 56.0 Å². The highest BCUT2D eigenvalue weighted by Gasteiger charge is 2.35. The topological polar surface area (TPSA) is 70.7 Å². The lowest BCUT2D eigenvalue weighted by molar-refractivity contribution is -0.124. The summed E-state index contributed by atoms with van der Waals surface area (Å²) in [5.74, 6) is -0.860. The van der Waals surface area contributed by atoms with Crippen LogP contribution in [0.25, 0.3) is 0 Å². The Morgan fingerprint density at radius 1 is 1.31 bits per heavy atom. The van der Waals surface area contributed by atoms with Gasteiger partial charge in [0.15, 0.2) is 0 Å². The van der Waals surface area contributed by atoms with Gasteiger partial charge in [-0.1, -0.05) is 12.1 Å². The number of benzene rings is 1. The van der Waals surface area contributed by atoms with Crippen molar-refractivity contribution >= 4 is 24.2 Å². The minimum absolute atomic E-state index is 0. The molecule has 1 unspecified atom stereocenters. The Hall–Kier alpha value is -1.93. The summed E-state index contributed by atoms with van der Waals surface area (Å²) in [6.07, 6.45) is 2.04. The minimum Gasteiger partial charge on any atom is -0.434 e. The molecule has 2 amide bonds. The molecule has 1 aliphatic rings. The highest BCUT2D eigenvalue weighted by molar-refractivity contribution is 6.00. The van der Waals surface area contributed by atoms with Crippen molar-refractivity contribution in [3.63, 3.8) is 0 Å². The van der Waals surface area contributed by atoms with Gasteiger partial charge in [0.25, 0.3) is 5.91 Å². The zero-order valence-corrected chi connectivity index (χ0v) is 15.4. The Bertz CT molecular complexity index is 604. The second-order valence-electron chi connectivity index (χ2n) is 5.78. The Labute approximate surface area is 157 Å². The highest BCUT2D eigenvalue weighted by atomic mass is 35.5. The number of hydrogen-bond donors (Lipinski definition) is 2. The lowest BCUT2D eigenvalue weighted by Gasteiger charge is -2.25. The van der Waals surface area contributed by atoms with Crippen molar-refractivity contribution in [1.82, 2.24) is 15.5 Å². The molecule has 2 rings (SSSR count). The van der Waals surface area contributed by atoms with Gasteiger partial charge in [-0.05, 0) is 45.0 Å². The quantitative estimate of drug-likeness (QED) is 0.665. The number of carbonyl (C=O) groups is 2. The zero-order valence-electron chi connectivity index (χ0n) is 14.5. The van der Waals surface area contributed by atoms with E-state index in [1.165, 1.54) is 23.1 Å². The smallest absolute Gasteiger partial charge is 0.387 e. The number of carbonyl (C=O) groups excluding carboxylic acids is 2. The summed E-state index contributed by atoms with van der Waals surface area (Å²) in [6, 6.07) is 5.27. The molecule has 0 spiro atoms. The van der Waals surface area contributed by atoms with Crippen LogP contribution in [0, 0.1) is 0 Å². The fourth-order valence-electron chi connectivity index (χ4n) is 2.87. The van der Waals surface area contributed by atoms with Crippen LogP contribution in [0.2, 0.25) is 0 Å². The first-order chi connectivity index (χ1) is 12.0. The van der Waals surface area contributed by atoms with Crippen LogP contribution in [0.4, 0.5) is 8.78 Å². The second-order valence-corrected chi connectivity index (χ2v) is 5.78. The van der Waals surface area contributed by atoms with Crippen molar-refractivity contribution in [3.05, 3.63) is 29.8 Å². The molecule has 0 aromatic heterocycles. The van der Waals surface area contributed by atoms with Gasteiger partial charge in [-0.15, -0.1) is 12.4 Å². The van der Waals surface area contributed by atoms with Gasteiger partial charge >= 0.3 is 6.61 Å². The molecule has 1 aliphatic heterocycles. The summed E-state index contributed by atoms with van der Waals surface area (Å²) in [5, 5.41) is 5.81. The van der Waals surface area contributed by atoms with Gasteiger partial charge in [0.2, 0.25) is 5.91 Å². The number of rotatable bonds is 8. The molecule has 0 bridgehead atoms. The average molecular weight is 392 g/mol. The third-order valence-electron chi connectivity index (χ3n) is 4.05. The Morgan fingerprint density at radius 3 is 2.73 bits per heavy atom. The van der Waals surface area contributed by atoms with E-state index < -0.39 is 18.6 Å². The number of amides is 2. The van der Waals surface area contributed by atoms with Crippen molar-refractivity contribution in [3.8, 4) is 5.75 Å². The standard InChI is InChI=1S/C17H23F2N3O3.ClH/c1-20-9-5-10-21-15(23)13-7-4-11-22(13)16(24)12-6-2-3-8-14(12)25-17(18)19;/h2-3,6,8,13,17,20H,4-5,7,9-11H2,1H3,(H,21,23);1H. The maximum absolute atomic E-state index is 12.8. The van der Waals surface area contributed by atoms with E-state index in [9.17, 15) is 18.4 Å². The molecule has 1 aromatic rings. The zero-order chi connectivity index (χ0) is 18.2. The van der Waals surface area contributed by atoms with Gasteiger partial charge in [-0.25, -0.2) is 0 Å². The van der Waals surface area contributed by atoms with Crippen LogP contribution in [0.3, 0.4) is 0 Å². The molecule has 26 heavy (non-hydrogen) atoms. The van der Waals surface area contributed by atoms with Gasteiger partial charge in [-0.2, -0.15) is 8.78 Å². The van der Waals surface area contributed by atoms with Gasteiger partial charge in [0.1, 0.15) is 11.8 Å². The van der Waals surface area contributed by atoms with Crippen LogP contribution >= 0.6 is 12.4 Å². The molecule has 146 valence electrons. The maximum Gasteiger partial charge on any atom is 0.387 e. The van der Waals surface area contributed by atoms with Gasteiger partial charge in [0, 0.05) is 13.1 Å². The van der Waals surface area contributed by atoms with Crippen LogP contribution in [0.1, 0.15) is 29.6 Å². The monoisotopic (exact) mass is 391 g/mol. The maximum atomic E-state index is 12.8. The molecule has 9 heteroatoms. The summed E-state index contributed by atoms with van der Waals surface area (Å²) < 4.78 is 29.5. The molecule has 2 N–H and O–H groups in total. The summed E-state index contributed by atoms with van der Waals surface area (Å²) in [4.78, 5) is 26.5. The van der Waals surface area contributed by atoms with E-state index >= 15 is 0 Å². The highest BCUT2D eigenvalue weighted by Crippen LogP contribution is 2.26. The predicted molar refractivity (Wildman–Crippen MR) is 95.9 cm³/mol. The van der Waals surface area contributed by atoms with Gasteiger partial charge in [0.05, 0.1) is 5.56 Å². The van der Waals surface area contributed by atoms with E-state index in [0.29, 0.717) is 25.9 Å². The van der Waals surface area contributed by atoms with E-state index in [2.05, 4.69) is 15.4 Å². The molecule has 1 fully saturated rings. The molecule has 0 radical (unpaired) electrons. The van der Waals surface area contributed by atoms with Crippen LogP contribution in [0.15, 0.2) is 24.3 Å². The third-order valence-corrected chi connectivity index (χ3v) is 4.05. The van der Waals surface area contributed by atoms with E-state index in [4.69, 9.17) is 0 Å². The third kappa shape index (κ3) is 5.81. The Kier molecular flexibility index (Phi) is 9.29. The largest absolute Gasteiger partial charge is 0.434 e. The number of halogens is 3.